The lowest BCUT2D eigenvalue weighted by molar-refractivity contribution is 0.100. The SMILES string of the molecule is COc1ccc(Oc2ccc(C(N)=O)c(NS(=O)(=O)c3cccc4ccccc34)c2)cc1. The van der Waals surface area contributed by atoms with Gasteiger partial charge in [-0.3, -0.25) is 9.52 Å². The molecule has 0 spiro atoms. The summed E-state index contributed by atoms with van der Waals surface area (Å²) in [5.41, 5.74) is 5.52. The molecule has 0 saturated heterocycles. The molecule has 4 rings (SSSR count). The predicted octanol–water partition coefficient (Wildman–Crippen LogP) is 4.54. The van der Waals surface area contributed by atoms with Crippen LogP contribution in [0.3, 0.4) is 0 Å². The minimum absolute atomic E-state index is 0.0240. The molecule has 7 nitrogen and oxygen atoms in total. The van der Waals surface area contributed by atoms with Gasteiger partial charge in [-0.25, -0.2) is 8.42 Å². The molecule has 32 heavy (non-hydrogen) atoms. The quantitative estimate of drug-likeness (QED) is 0.432. The summed E-state index contributed by atoms with van der Waals surface area (Å²) in [6, 6.07) is 23.4. The first kappa shape index (κ1) is 21.2. The maximum absolute atomic E-state index is 13.2. The van der Waals surface area contributed by atoms with E-state index in [0.29, 0.717) is 22.6 Å². The van der Waals surface area contributed by atoms with Crippen molar-refractivity contribution in [2.45, 2.75) is 4.90 Å². The maximum Gasteiger partial charge on any atom is 0.262 e. The summed E-state index contributed by atoms with van der Waals surface area (Å²) in [7, 11) is -2.46. The van der Waals surface area contributed by atoms with Crippen molar-refractivity contribution in [3.05, 3.63) is 90.5 Å². The number of anilines is 1. The first-order valence-corrected chi connectivity index (χ1v) is 11.1. The summed E-state index contributed by atoms with van der Waals surface area (Å²) in [6.45, 7) is 0. The molecule has 0 radical (unpaired) electrons. The van der Waals surface area contributed by atoms with Gasteiger partial charge in [0.2, 0.25) is 0 Å². The van der Waals surface area contributed by atoms with Crippen molar-refractivity contribution >= 4 is 32.4 Å². The molecular weight excluding hydrogens is 428 g/mol. The van der Waals surface area contributed by atoms with Gasteiger partial charge in [-0.15, -0.1) is 0 Å². The fourth-order valence-electron chi connectivity index (χ4n) is 3.30. The second kappa shape index (κ2) is 8.60. The van der Waals surface area contributed by atoms with E-state index in [9.17, 15) is 13.2 Å². The highest BCUT2D eigenvalue weighted by molar-refractivity contribution is 7.93. The third kappa shape index (κ3) is 4.35. The molecule has 8 heteroatoms. The molecule has 0 atom stereocenters. The normalized spacial score (nSPS) is 11.2. The second-order valence-electron chi connectivity index (χ2n) is 6.93. The summed E-state index contributed by atoms with van der Waals surface area (Å²) >= 11 is 0. The van der Waals surface area contributed by atoms with Gasteiger partial charge in [0.25, 0.3) is 15.9 Å². The fourth-order valence-corrected chi connectivity index (χ4v) is 4.60. The monoisotopic (exact) mass is 448 g/mol. The van der Waals surface area contributed by atoms with E-state index >= 15 is 0 Å². The number of hydrogen-bond donors (Lipinski definition) is 2. The molecule has 0 heterocycles. The largest absolute Gasteiger partial charge is 0.497 e. The van der Waals surface area contributed by atoms with Crippen LogP contribution in [0.25, 0.3) is 10.8 Å². The second-order valence-corrected chi connectivity index (χ2v) is 8.58. The number of nitrogens with two attached hydrogens (primary N) is 1. The van der Waals surface area contributed by atoms with Crippen molar-refractivity contribution in [3.63, 3.8) is 0 Å². The number of ether oxygens (including phenoxy) is 2. The van der Waals surface area contributed by atoms with Crippen molar-refractivity contribution in [1.29, 1.82) is 0 Å². The van der Waals surface area contributed by atoms with Crippen LogP contribution in [0.1, 0.15) is 10.4 Å². The van der Waals surface area contributed by atoms with Gasteiger partial charge in [0, 0.05) is 11.5 Å². The molecule has 4 aromatic rings. The van der Waals surface area contributed by atoms with Crippen LogP contribution in [0.2, 0.25) is 0 Å². The Morgan fingerprint density at radius 1 is 0.844 bits per heavy atom. The number of benzene rings is 4. The minimum atomic E-state index is -4.02. The number of rotatable bonds is 7. The Bertz CT molecular complexity index is 1390. The van der Waals surface area contributed by atoms with Gasteiger partial charge in [0.1, 0.15) is 17.2 Å². The average Bonchev–Trinajstić information content (AvgIpc) is 2.79. The van der Waals surface area contributed by atoms with Crippen molar-refractivity contribution < 1.29 is 22.7 Å². The maximum atomic E-state index is 13.2. The Kier molecular flexibility index (Phi) is 5.70. The highest BCUT2D eigenvalue weighted by Crippen LogP contribution is 2.31. The zero-order valence-electron chi connectivity index (χ0n) is 17.1. The highest BCUT2D eigenvalue weighted by Gasteiger charge is 2.21. The Morgan fingerprint density at radius 2 is 1.50 bits per heavy atom. The molecule has 0 aliphatic rings. The molecule has 0 unspecified atom stereocenters. The van der Waals surface area contributed by atoms with Crippen LogP contribution < -0.4 is 19.9 Å². The number of carbonyl (C=O) groups excluding carboxylic acids is 1. The van der Waals surface area contributed by atoms with E-state index < -0.39 is 15.9 Å². The van der Waals surface area contributed by atoms with Crippen molar-refractivity contribution in [2.24, 2.45) is 5.73 Å². The third-order valence-corrected chi connectivity index (χ3v) is 6.26. The Morgan fingerprint density at radius 3 is 2.22 bits per heavy atom. The zero-order valence-corrected chi connectivity index (χ0v) is 17.9. The van der Waals surface area contributed by atoms with E-state index in [1.807, 2.05) is 18.2 Å². The van der Waals surface area contributed by atoms with Gasteiger partial charge in [-0.1, -0.05) is 36.4 Å². The molecule has 0 bridgehead atoms. The van der Waals surface area contributed by atoms with Crippen molar-refractivity contribution in [3.8, 4) is 17.2 Å². The first-order chi connectivity index (χ1) is 15.4. The molecule has 0 aliphatic carbocycles. The molecular formula is C24H20N2O5S. The van der Waals surface area contributed by atoms with Crippen molar-refractivity contribution in [2.75, 3.05) is 11.8 Å². The zero-order chi connectivity index (χ0) is 22.7. The van der Waals surface area contributed by atoms with Crippen LogP contribution in [-0.4, -0.2) is 21.4 Å². The number of fused-ring (bicyclic) bond motifs is 1. The summed E-state index contributed by atoms with van der Waals surface area (Å²) in [5.74, 6) is 0.748. The van der Waals surface area contributed by atoms with E-state index in [1.165, 1.54) is 18.2 Å². The van der Waals surface area contributed by atoms with Crippen LogP contribution in [0.5, 0.6) is 17.2 Å². The molecule has 0 fully saturated rings. The lowest BCUT2D eigenvalue weighted by atomic mass is 10.1. The first-order valence-electron chi connectivity index (χ1n) is 9.64. The van der Waals surface area contributed by atoms with E-state index in [-0.39, 0.29) is 16.1 Å². The standard InChI is InChI=1S/C24H20N2O5S/c1-30-17-9-11-18(12-10-17)31-19-13-14-21(24(25)27)22(15-19)26-32(28,29)23-8-4-6-16-5-2-3-7-20(16)23/h2-15,26H,1H3,(H2,25,27). The number of hydrogen-bond acceptors (Lipinski definition) is 5. The summed E-state index contributed by atoms with van der Waals surface area (Å²) in [4.78, 5) is 12.0. The lowest BCUT2D eigenvalue weighted by Gasteiger charge is -2.14. The summed E-state index contributed by atoms with van der Waals surface area (Å²) < 4.78 is 39.8. The van der Waals surface area contributed by atoms with Crippen LogP contribution in [-0.2, 0) is 10.0 Å². The summed E-state index contributed by atoms with van der Waals surface area (Å²) in [6.07, 6.45) is 0. The van der Waals surface area contributed by atoms with Crippen LogP contribution >= 0.6 is 0 Å². The lowest BCUT2D eigenvalue weighted by Crippen LogP contribution is -2.19. The van der Waals surface area contributed by atoms with Gasteiger partial charge < -0.3 is 15.2 Å². The smallest absolute Gasteiger partial charge is 0.262 e. The Balaban J connectivity index is 1.71. The van der Waals surface area contributed by atoms with Gasteiger partial charge >= 0.3 is 0 Å². The van der Waals surface area contributed by atoms with Crippen LogP contribution in [0.4, 0.5) is 5.69 Å². The molecule has 3 N–H and O–H groups in total. The van der Waals surface area contributed by atoms with Crippen molar-refractivity contribution in [1.82, 2.24) is 0 Å². The number of carbonyl (C=O) groups is 1. The highest BCUT2D eigenvalue weighted by atomic mass is 32.2. The average molecular weight is 449 g/mol. The number of methoxy groups -OCH3 is 1. The topological polar surface area (TPSA) is 108 Å². The Labute approximate surface area is 185 Å². The van der Waals surface area contributed by atoms with Gasteiger partial charge in [-0.2, -0.15) is 0 Å². The van der Waals surface area contributed by atoms with Gasteiger partial charge in [-0.05, 0) is 47.9 Å². The van der Waals surface area contributed by atoms with E-state index in [2.05, 4.69) is 4.72 Å². The van der Waals surface area contributed by atoms with E-state index in [4.69, 9.17) is 15.2 Å². The van der Waals surface area contributed by atoms with Crippen LogP contribution in [0, 0.1) is 0 Å². The molecule has 4 aromatic carbocycles. The number of sulfonamides is 1. The minimum Gasteiger partial charge on any atom is -0.497 e. The molecule has 0 aliphatic heterocycles. The number of nitrogens with one attached hydrogen (secondary N) is 1. The number of primary amides is 1. The molecule has 162 valence electrons. The molecule has 1 amide bonds. The predicted molar refractivity (Wildman–Crippen MR) is 123 cm³/mol. The fraction of sp³-hybridized carbons (Fsp3) is 0.0417. The van der Waals surface area contributed by atoms with E-state index in [1.54, 1.807) is 55.6 Å². The summed E-state index contributed by atoms with van der Waals surface area (Å²) in [5, 5.41) is 1.34. The van der Waals surface area contributed by atoms with Crippen LogP contribution in [0.15, 0.2) is 89.8 Å². The number of amides is 1. The van der Waals surface area contributed by atoms with E-state index in [0.717, 1.165) is 5.39 Å². The van der Waals surface area contributed by atoms with Gasteiger partial charge in [0.05, 0.1) is 23.3 Å². The third-order valence-electron chi connectivity index (χ3n) is 4.84. The Hall–Kier alpha value is -4.04. The van der Waals surface area contributed by atoms with Gasteiger partial charge in [0.15, 0.2) is 0 Å². The molecule has 0 saturated carbocycles. The molecule has 0 aromatic heterocycles.